The van der Waals surface area contributed by atoms with Crippen molar-refractivity contribution >= 4 is 29.2 Å². The number of likely N-dealkylation sites (tertiary alicyclic amines) is 1. The van der Waals surface area contributed by atoms with Gasteiger partial charge in [0.2, 0.25) is 0 Å². The van der Waals surface area contributed by atoms with E-state index in [1.807, 2.05) is 4.90 Å². The molecule has 3 aliphatic rings. The molecule has 0 aliphatic carbocycles. The van der Waals surface area contributed by atoms with Crippen LogP contribution >= 0.6 is 0 Å². The van der Waals surface area contributed by atoms with Gasteiger partial charge < -0.3 is 15.0 Å². The number of hydrogen-bond acceptors (Lipinski definition) is 6. The van der Waals surface area contributed by atoms with Crippen LogP contribution in [0.1, 0.15) is 18.4 Å². The Morgan fingerprint density at radius 2 is 1.60 bits per heavy atom. The summed E-state index contributed by atoms with van der Waals surface area (Å²) in [4.78, 5) is 41.9. The zero-order valence-electron chi connectivity index (χ0n) is 19.1. The van der Waals surface area contributed by atoms with E-state index >= 15 is 0 Å². The van der Waals surface area contributed by atoms with Crippen LogP contribution in [0.25, 0.3) is 0 Å². The normalized spacial score (nSPS) is 21.3. The smallest absolute Gasteiger partial charge is 0.321 e. The Kier molecular flexibility index (Phi) is 6.21. The Morgan fingerprint density at radius 3 is 2.20 bits per heavy atom. The number of ether oxygens (including phenoxy) is 1. The number of hydrogen-bond donors (Lipinski definition) is 1. The van der Waals surface area contributed by atoms with Gasteiger partial charge >= 0.3 is 6.03 Å². The maximum absolute atomic E-state index is 12.9. The van der Waals surface area contributed by atoms with Crippen LogP contribution in [-0.4, -0.2) is 66.0 Å². The highest BCUT2D eigenvalue weighted by Gasteiger charge is 2.41. The van der Waals surface area contributed by atoms with Gasteiger partial charge in [0, 0.05) is 49.6 Å². The number of piperazine rings is 1. The second-order valence-electron chi connectivity index (χ2n) is 8.83. The minimum Gasteiger partial charge on any atom is -0.492 e. The number of fused-ring (bicyclic) bond motifs is 2. The molecule has 2 saturated heterocycles. The number of nitriles is 1. The van der Waals surface area contributed by atoms with Gasteiger partial charge in [0.25, 0.3) is 11.8 Å². The third-order valence-corrected chi connectivity index (χ3v) is 6.71. The summed E-state index contributed by atoms with van der Waals surface area (Å²) >= 11 is 0. The van der Waals surface area contributed by atoms with Crippen LogP contribution in [0.5, 0.6) is 5.75 Å². The van der Waals surface area contributed by atoms with E-state index in [1.54, 1.807) is 48.5 Å². The van der Waals surface area contributed by atoms with Crippen molar-refractivity contribution in [3.05, 3.63) is 66.2 Å². The molecule has 3 heterocycles. The highest BCUT2D eigenvalue weighted by Crippen LogP contribution is 2.30. The molecule has 3 aliphatic heterocycles. The minimum absolute atomic E-state index is 0.155. The van der Waals surface area contributed by atoms with Crippen molar-refractivity contribution in [2.45, 2.75) is 24.9 Å². The summed E-state index contributed by atoms with van der Waals surface area (Å²) in [5, 5.41) is 11.8. The summed E-state index contributed by atoms with van der Waals surface area (Å²) in [6, 6.07) is 16.3. The van der Waals surface area contributed by atoms with Gasteiger partial charge in [-0.05, 0) is 61.4 Å². The summed E-state index contributed by atoms with van der Waals surface area (Å²) in [5.41, 5.74) is 1.68. The second-order valence-corrected chi connectivity index (χ2v) is 8.83. The Hall–Kier alpha value is -4.16. The number of benzene rings is 2. The van der Waals surface area contributed by atoms with Crippen molar-refractivity contribution in [1.82, 2.24) is 9.80 Å². The van der Waals surface area contributed by atoms with Crippen molar-refractivity contribution in [2.24, 2.45) is 0 Å². The summed E-state index contributed by atoms with van der Waals surface area (Å²) in [5.74, 6) is -0.0000223. The van der Waals surface area contributed by atoms with Gasteiger partial charge in [-0.15, -0.1) is 0 Å². The molecule has 5 rings (SSSR count). The summed E-state index contributed by atoms with van der Waals surface area (Å²) in [6.07, 6.45) is 4.58. The van der Waals surface area contributed by atoms with Gasteiger partial charge in [0.1, 0.15) is 12.4 Å². The van der Waals surface area contributed by atoms with Crippen molar-refractivity contribution < 1.29 is 19.1 Å². The van der Waals surface area contributed by atoms with Gasteiger partial charge in [-0.2, -0.15) is 5.26 Å². The number of nitrogens with zero attached hydrogens (tertiary/aromatic N) is 4. The van der Waals surface area contributed by atoms with E-state index in [0.717, 1.165) is 30.0 Å². The molecule has 2 aromatic carbocycles. The summed E-state index contributed by atoms with van der Waals surface area (Å²) in [7, 11) is 0. The maximum atomic E-state index is 12.9. The van der Waals surface area contributed by atoms with Crippen molar-refractivity contribution in [3.8, 4) is 11.8 Å². The largest absolute Gasteiger partial charge is 0.492 e. The van der Waals surface area contributed by atoms with Gasteiger partial charge in [0.05, 0.1) is 17.3 Å². The fraction of sp³-hybridized carbons (Fsp3) is 0.308. The van der Waals surface area contributed by atoms with E-state index in [-0.39, 0.29) is 17.8 Å². The lowest BCUT2D eigenvalue weighted by molar-refractivity contribution is -0.119. The van der Waals surface area contributed by atoms with Crippen molar-refractivity contribution in [2.75, 3.05) is 36.5 Å². The molecule has 9 heteroatoms. The predicted octanol–water partition coefficient (Wildman–Crippen LogP) is 2.75. The third-order valence-electron chi connectivity index (χ3n) is 6.71. The molecule has 4 amide bonds. The summed E-state index contributed by atoms with van der Waals surface area (Å²) in [6.45, 7) is 2.64. The molecular weight excluding hydrogens is 446 g/mol. The van der Waals surface area contributed by atoms with Crippen LogP contribution < -0.4 is 15.0 Å². The lowest BCUT2D eigenvalue weighted by Gasteiger charge is -2.40. The first-order valence-electron chi connectivity index (χ1n) is 11.6. The lowest BCUT2D eigenvalue weighted by Crippen LogP contribution is -2.56. The van der Waals surface area contributed by atoms with Gasteiger partial charge in [-0.25, -0.2) is 9.69 Å². The molecular formula is C26H25N5O4. The maximum Gasteiger partial charge on any atom is 0.321 e. The number of nitrogens with one attached hydrogen (secondary N) is 1. The molecule has 0 spiro atoms. The van der Waals surface area contributed by atoms with Crippen LogP contribution in [0, 0.1) is 11.3 Å². The van der Waals surface area contributed by atoms with E-state index < -0.39 is 0 Å². The molecule has 35 heavy (non-hydrogen) atoms. The molecule has 0 aromatic heterocycles. The molecule has 0 radical (unpaired) electrons. The number of rotatable bonds is 6. The molecule has 2 fully saturated rings. The SMILES string of the molecule is N#Cc1ccc(OCCN2C3CCC2CN(C(=O)Nc2ccc(N4C(=O)C=CC4=O)cc2)C3)cc1. The summed E-state index contributed by atoms with van der Waals surface area (Å²) < 4.78 is 5.85. The molecule has 0 saturated carbocycles. The van der Waals surface area contributed by atoms with Crippen LogP contribution in [0.15, 0.2) is 60.7 Å². The average molecular weight is 472 g/mol. The average Bonchev–Trinajstić information content (AvgIpc) is 3.32. The first kappa shape index (κ1) is 22.6. The van der Waals surface area contributed by atoms with Crippen LogP contribution in [0.3, 0.4) is 0 Å². The van der Waals surface area contributed by atoms with Crippen molar-refractivity contribution in [1.29, 1.82) is 5.26 Å². The van der Waals surface area contributed by atoms with E-state index in [2.05, 4.69) is 16.3 Å². The fourth-order valence-electron chi connectivity index (χ4n) is 4.97. The van der Waals surface area contributed by atoms with Crippen LogP contribution in [0.4, 0.5) is 16.2 Å². The van der Waals surface area contributed by atoms with Gasteiger partial charge in [-0.3, -0.25) is 14.5 Å². The molecule has 9 nitrogen and oxygen atoms in total. The fourth-order valence-corrected chi connectivity index (χ4v) is 4.97. The van der Waals surface area contributed by atoms with Crippen LogP contribution in [0.2, 0.25) is 0 Å². The van der Waals surface area contributed by atoms with E-state index in [1.165, 1.54) is 12.2 Å². The molecule has 2 unspecified atom stereocenters. The first-order chi connectivity index (χ1) is 17.0. The van der Waals surface area contributed by atoms with Gasteiger partial charge in [0.15, 0.2) is 0 Å². The molecule has 2 bridgehead atoms. The Morgan fingerprint density at radius 1 is 0.971 bits per heavy atom. The Bertz CT molecular complexity index is 1170. The number of carbonyl (C=O) groups is 3. The monoisotopic (exact) mass is 471 g/mol. The number of imide groups is 1. The number of anilines is 2. The molecule has 1 N–H and O–H groups in total. The predicted molar refractivity (Wildman–Crippen MR) is 129 cm³/mol. The highest BCUT2D eigenvalue weighted by molar-refractivity contribution is 6.28. The first-order valence-corrected chi connectivity index (χ1v) is 11.6. The lowest BCUT2D eigenvalue weighted by atomic mass is 10.2. The standard InChI is InChI=1S/C26H25N5O4/c27-15-18-1-9-23(10-2-18)35-14-13-30-21-7-8-22(30)17-29(16-21)26(34)28-19-3-5-20(6-4-19)31-24(32)11-12-25(31)33/h1-6,9-12,21-22H,7-8,13-14,16-17H2,(H,28,34). The number of carbonyl (C=O) groups excluding carboxylic acids is 3. The van der Waals surface area contributed by atoms with E-state index in [4.69, 9.17) is 10.00 Å². The number of urea groups is 1. The Labute approximate surface area is 203 Å². The third kappa shape index (κ3) is 4.74. The van der Waals surface area contributed by atoms with E-state index in [0.29, 0.717) is 48.7 Å². The van der Waals surface area contributed by atoms with Gasteiger partial charge in [-0.1, -0.05) is 0 Å². The second kappa shape index (κ2) is 9.60. The van der Waals surface area contributed by atoms with E-state index in [9.17, 15) is 14.4 Å². The topological polar surface area (TPSA) is 106 Å². The molecule has 178 valence electrons. The van der Waals surface area contributed by atoms with Crippen LogP contribution in [-0.2, 0) is 9.59 Å². The molecule has 2 atom stereocenters. The quantitative estimate of drug-likeness (QED) is 0.650. The molecule has 2 aromatic rings. The van der Waals surface area contributed by atoms with Crippen molar-refractivity contribution in [3.63, 3.8) is 0 Å². The zero-order valence-corrected chi connectivity index (χ0v) is 19.1. The minimum atomic E-state index is -0.373. The number of amides is 4. The highest BCUT2D eigenvalue weighted by atomic mass is 16.5. The Balaban J connectivity index is 1.12. The zero-order chi connectivity index (χ0) is 24.4.